The minimum Gasteiger partial charge on any atom is -0.493 e. The maximum Gasteiger partial charge on any atom is 0.363 e. The molecule has 172 valence electrons. The molecule has 0 saturated heterocycles. The number of carbonyl (C=O) groups is 1. The number of cyclic esters (lactones) is 1. The van der Waals surface area contributed by atoms with Crippen molar-refractivity contribution in [3.8, 4) is 11.5 Å². The van der Waals surface area contributed by atoms with E-state index in [9.17, 15) is 19.3 Å². The fraction of sp³-hybridized carbons (Fsp3) is 0.0833. The quantitative estimate of drug-likeness (QED) is 0.195. The van der Waals surface area contributed by atoms with Gasteiger partial charge < -0.3 is 14.2 Å². The second kappa shape index (κ2) is 9.72. The van der Waals surface area contributed by atoms with Crippen molar-refractivity contribution in [1.82, 2.24) is 0 Å². The number of non-ortho nitro benzene ring substituents is 1. The fourth-order valence-corrected chi connectivity index (χ4v) is 3.42. The lowest BCUT2D eigenvalue weighted by atomic mass is 10.1. The van der Waals surface area contributed by atoms with Crippen molar-refractivity contribution in [3.63, 3.8) is 0 Å². The lowest BCUT2D eigenvalue weighted by molar-refractivity contribution is -0.384. The van der Waals surface area contributed by atoms with Gasteiger partial charge in [-0.25, -0.2) is 14.2 Å². The summed E-state index contributed by atoms with van der Waals surface area (Å²) in [5, 5.41) is 11.0. The molecule has 3 aromatic carbocycles. The summed E-state index contributed by atoms with van der Waals surface area (Å²) in [5.41, 5.74) is 1.52. The standard InChI is InChI=1S/C24H16ClFN2O6/c1-32-21-11-15(10-20-24(29)34-23(27-20)16-3-2-4-17(26)12-16)9-19(25)22(21)33-13-14-5-7-18(8-6-14)28(30)31/h2-12H,13H2,1H3/b20-10+. The van der Waals surface area contributed by atoms with E-state index in [1.807, 2.05) is 0 Å². The van der Waals surface area contributed by atoms with Gasteiger partial charge in [-0.15, -0.1) is 0 Å². The summed E-state index contributed by atoms with van der Waals surface area (Å²) < 4.78 is 29.8. The van der Waals surface area contributed by atoms with Crippen LogP contribution >= 0.6 is 11.6 Å². The normalized spacial score (nSPS) is 14.0. The Bertz CT molecular complexity index is 1340. The zero-order chi connectivity index (χ0) is 24.2. The molecule has 1 heterocycles. The van der Waals surface area contributed by atoms with Crippen LogP contribution in [-0.2, 0) is 16.1 Å². The summed E-state index contributed by atoms with van der Waals surface area (Å²) in [6.07, 6.45) is 1.46. The topological polar surface area (TPSA) is 100 Å². The summed E-state index contributed by atoms with van der Waals surface area (Å²) in [7, 11) is 1.44. The number of rotatable bonds is 7. The van der Waals surface area contributed by atoms with E-state index in [1.54, 1.807) is 30.3 Å². The molecule has 0 bridgehead atoms. The van der Waals surface area contributed by atoms with Crippen molar-refractivity contribution in [1.29, 1.82) is 0 Å². The number of nitro benzene ring substituents is 1. The van der Waals surface area contributed by atoms with Crippen LogP contribution in [0.2, 0.25) is 5.02 Å². The third kappa shape index (κ3) is 5.05. The monoisotopic (exact) mass is 482 g/mol. The second-order valence-electron chi connectivity index (χ2n) is 7.09. The van der Waals surface area contributed by atoms with Crippen molar-refractivity contribution in [2.24, 2.45) is 4.99 Å². The molecule has 1 aliphatic rings. The summed E-state index contributed by atoms with van der Waals surface area (Å²) in [6, 6.07) is 14.6. The number of carbonyl (C=O) groups excluding carboxylic acids is 1. The number of halogens is 2. The number of hydrogen-bond donors (Lipinski definition) is 0. The van der Waals surface area contributed by atoms with E-state index >= 15 is 0 Å². The third-order valence-corrected chi connectivity index (χ3v) is 5.06. The maximum absolute atomic E-state index is 13.5. The molecule has 8 nitrogen and oxygen atoms in total. The smallest absolute Gasteiger partial charge is 0.363 e. The van der Waals surface area contributed by atoms with Crippen LogP contribution in [0.5, 0.6) is 11.5 Å². The maximum atomic E-state index is 13.5. The molecule has 0 amide bonds. The molecule has 0 spiro atoms. The van der Waals surface area contributed by atoms with Crippen LogP contribution in [0.3, 0.4) is 0 Å². The molecule has 0 N–H and O–H groups in total. The van der Waals surface area contributed by atoms with Gasteiger partial charge >= 0.3 is 5.97 Å². The SMILES string of the molecule is COc1cc(/C=C2/N=C(c3cccc(F)c3)OC2=O)cc(Cl)c1OCc1ccc([N+](=O)[O-])cc1. The molecule has 0 radical (unpaired) electrons. The van der Waals surface area contributed by atoms with E-state index in [4.69, 9.17) is 25.8 Å². The molecular weight excluding hydrogens is 467 g/mol. The molecule has 4 rings (SSSR count). The van der Waals surface area contributed by atoms with Crippen LogP contribution in [0.1, 0.15) is 16.7 Å². The van der Waals surface area contributed by atoms with Gasteiger partial charge in [0.05, 0.1) is 17.1 Å². The van der Waals surface area contributed by atoms with E-state index in [-0.39, 0.29) is 34.7 Å². The van der Waals surface area contributed by atoms with Gasteiger partial charge in [0.25, 0.3) is 5.69 Å². The summed E-state index contributed by atoms with van der Waals surface area (Å²) in [4.78, 5) is 26.7. The highest BCUT2D eigenvalue weighted by Crippen LogP contribution is 2.38. The first-order valence-electron chi connectivity index (χ1n) is 9.86. The lowest BCUT2D eigenvalue weighted by Crippen LogP contribution is -2.05. The van der Waals surface area contributed by atoms with Crippen molar-refractivity contribution >= 4 is 35.2 Å². The van der Waals surface area contributed by atoms with Crippen LogP contribution < -0.4 is 9.47 Å². The number of benzene rings is 3. The van der Waals surface area contributed by atoms with Crippen LogP contribution in [-0.4, -0.2) is 23.9 Å². The number of aliphatic imine (C=N–C) groups is 1. The minimum atomic E-state index is -0.687. The minimum absolute atomic E-state index is 0.00290. The van der Waals surface area contributed by atoms with Crippen molar-refractivity contribution < 1.29 is 28.3 Å². The Morgan fingerprint density at radius 1 is 1.18 bits per heavy atom. The van der Waals surface area contributed by atoms with Gasteiger partial charge in [0, 0.05) is 17.7 Å². The average molecular weight is 483 g/mol. The van der Waals surface area contributed by atoms with Crippen LogP contribution in [0.25, 0.3) is 6.08 Å². The van der Waals surface area contributed by atoms with Crippen molar-refractivity contribution in [3.05, 3.63) is 104 Å². The van der Waals surface area contributed by atoms with Gasteiger partial charge in [-0.2, -0.15) is 0 Å². The van der Waals surface area contributed by atoms with Gasteiger partial charge in [0.15, 0.2) is 17.2 Å². The molecule has 0 atom stereocenters. The Balaban J connectivity index is 1.56. The summed E-state index contributed by atoms with van der Waals surface area (Å²) in [6.45, 7) is 0.0993. The summed E-state index contributed by atoms with van der Waals surface area (Å²) >= 11 is 6.39. The lowest BCUT2D eigenvalue weighted by Gasteiger charge is -2.13. The highest BCUT2D eigenvalue weighted by Gasteiger charge is 2.25. The Kier molecular flexibility index (Phi) is 6.55. The van der Waals surface area contributed by atoms with Crippen molar-refractivity contribution in [2.75, 3.05) is 7.11 Å². The number of methoxy groups -OCH3 is 1. The number of hydrogen-bond acceptors (Lipinski definition) is 7. The number of esters is 1. The average Bonchev–Trinajstić information content (AvgIpc) is 3.18. The molecule has 0 fully saturated rings. The van der Waals surface area contributed by atoms with E-state index in [0.717, 1.165) is 0 Å². The van der Waals surface area contributed by atoms with E-state index < -0.39 is 16.7 Å². The molecule has 1 aliphatic heterocycles. The van der Waals surface area contributed by atoms with Crippen LogP contribution in [0.4, 0.5) is 10.1 Å². The Morgan fingerprint density at radius 2 is 1.94 bits per heavy atom. The second-order valence-corrected chi connectivity index (χ2v) is 7.50. The summed E-state index contributed by atoms with van der Waals surface area (Å²) in [5.74, 6) is -0.594. The Labute approximate surface area is 198 Å². The molecule has 0 aromatic heterocycles. The van der Waals surface area contributed by atoms with Crippen LogP contribution in [0.15, 0.2) is 71.4 Å². The van der Waals surface area contributed by atoms with Gasteiger partial charge in [-0.3, -0.25) is 10.1 Å². The largest absolute Gasteiger partial charge is 0.493 e. The number of ether oxygens (including phenoxy) is 3. The molecule has 0 unspecified atom stereocenters. The number of nitro groups is 1. The van der Waals surface area contributed by atoms with Gasteiger partial charge in [-0.1, -0.05) is 17.7 Å². The number of nitrogens with zero attached hydrogens (tertiary/aromatic N) is 2. The Morgan fingerprint density at radius 3 is 2.62 bits per heavy atom. The molecular formula is C24H16ClFN2O6. The van der Waals surface area contributed by atoms with Gasteiger partial charge in [-0.05, 0) is 59.7 Å². The Hall–Kier alpha value is -4.24. The predicted octanol–water partition coefficient (Wildman–Crippen LogP) is 5.32. The first-order valence-corrected chi connectivity index (χ1v) is 10.2. The molecule has 0 aliphatic carbocycles. The first-order chi connectivity index (χ1) is 16.3. The molecule has 3 aromatic rings. The van der Waals surface area contributed by atoms with Crippen molar-refractivity contribution in [2.45, 2.75) is 6.61 Å². The fourth-order valence-electron chi connectivity index (χ4n) is 3.14. The van der Waals surface area contributed by atoms with Crippen LogP contribution in [0, 0.1) is 15.9 Å². The zero-order valence-electron chi connectivity index (χ0n) is 17.7. The highest BCUT2D eigenvalue weighted by atomic mass is 35.5. The third-order valence-electron chi connectivity index (χ3n) is 4.78. The van der Waals surface area contributed by atoms with E-state index in [2.05, 4.69) is 4.99 Å². The molecule has 10 heteroatoms. The molecule has 0 saturated carbocycles. The highest BCUT2D eigenvalue weighted by molar-refractivity contribution is 6.32. The predicted molar refractivity (Wildman–Crippen MR) is 122 cm³/mol. The molecule has 34 heavy (non-hydrogen) atoms. The van der Waals surface area contributed by atoms with E-state index in [1.165, 1.54) is 43.5 Å². The van der Waals surface area contributed by atoms with Gasteiger partial charge in [0.1, 0.15) is 12.4 Å². The zero-order valence-corrected chi connectivity index (χ0v) is 18.4. The van der Waals surface area contributed by atoms with E-state index in [0.29, 0.717) is 22.4 Å². The van der Waals surface area contributed by atoms with Gasteiger partial charge in [0.2, 0.25) is 5.90 Å². The first kappa shape index (κ1) is 22.9.